The van der Waals surface area contributed by atoms with Crippen LogP contribution in [0.4, 0.5) is 4.39 Å². The number of aromatic nitrogens is 2. The first-order valence-electron chi connectivity index (χ1n) is 5.02. The van der Waals surface area contributed by atoms with Crippen LogP contribution in [0.5, 0.6) is 0 Å². The van der Waals surface area contributed by atoms with Gasteiger partial charge in [0.15, 0.2) is 0 Å². The molecule has 2 rings (SSSR count). The molecule has 0 amide bonds. The normalized spacial score (nSPS) is 10.6. The second kappa shape index (κ2) is 4.41. The zero-order valence-electron chi connectivity index (χ0n) is 9.34. The van der Waals surface area contributed by atoms with Gasteiger partial charge in [0.1, 0.15) is 5.82 Å². The number of hydrogen-bond donors (Lipinski definition) is 1. The van der Waals surface area contributed by atoms with E-state index in [4.69, 9.17) is 0 Å². The standard InChI is InChI=1S/C12H10BrFN2O/c1-6-3-4-8(9(13)5-6)11-15-7(2)10(14)12(17)16-11/h3-5H,1-2H3,(H,15,16,17). The average molecular weight is 297 g/mol. The average Bonchev–Trinajstić information content (AvgIpc) is 2.25. The van der Waals surface area contributed by atoms with E-state index < -0.39 is 11.4 Å². The molecule has 0 aliphatic heterocycles. The molecule has 1 aromatic carbocycles. The largest absolute Gasteiger partial charge is 0.304 e. The van der Waals surface area contributed by atoms with Crippen molar-refractivity contribution in [3.63, 3.8) is 0 Å². The van der Waals surface area contributed by atoms with Crippen LogP contribution in [0.3, 0.4) is 0 Å². The van der Waals surface area contributed by atoms with E-state index in [0.717, 1.165) is 15.6 Å². The summed E-state index contributed by atoms with van der Waals surface area (Å²) in [6.07, 6.45) is 0. The summed E-state index contributed by atoms with van der Waals surface area (Å²) in [4.78, 5) is 17.8. The van der Waals surface area contributed by atoms with E-state index in [0.29, 0.717) is 5.82 Å². The molecule has 3 nitrogen and oxygen atoms in total. The zero-order chi connectivity index (χ0) is 12.6. The van der Waals surface area contributed by atoms with Gasteiger partial charge in [-0.1, -0.05) is 22.0 Å². The van der Waals surface area contributed by atoms with Crippen molar-refractivity contribution in [2.75, 3.05) is 0 Å². The lowest BCUT2D eigenvalue weighted by atomic mass is 10.1. The highest BCUT2D eigenvalue weighted by atomic mass is 79.9. The number of rotatable bonds is 1. The third-order valence-electron chi connectivity index (χ3n) is 2.41. The summed E-state index contributed by atoms with van der Waals surface area (Å²) in [5.74, 6) is -0.474. The number of nitrogens with one attached hydrogen (secondary N) is 1. The van der Waals surface area contributed by atoms with Crippen molar-refractivity contribution in [1.29, 1.82) is 0 Å². The Labute approximate surface area is 106 Å². The van der Waals surface area contributed by atoms with Gasteiger partial charge in [-0.25, -0.2) is 4.98 Å². The van der Waals surface area contributed by atoms with Gasteiger partial charge in [0.25, 0.3) is 5.56 Å². The van der Waals surface area contributed by atoms with Crippen molar-refractivity contribution in [1.82, 2.24) is 9.97 Å². The Morgan fingerprint density at radius 1 is 1.35 bits per heavy atom. The summed E-state index contributed by atoms with van der Waals surface area (Å²) >= 11 is 3.40. The molecule has 0 atom stereocenters. The summed E-state index contributed by atoms with van der Waals surface area (Å²) in [6.45, 7) is 3.43. The molecule has 1 N–H and O–H groups in total. The van der Waals surface area contributed by atoms with E-state index in [-0.39, 0.29) is 5.69 Å². The fourth-order valence-corrected chi connectivity index (χ4v) is 2.19. The minimum Gasteiger partial charge on any atom is -0.304 e. The summed E-state index contributed by atoms with van der Waals surface area (Å²) in [7, 11) is 0. The van der Waals surface area contributed by atoms with Gasteiger partial charge in [0.2, 0.25) is 5.82 Å². The third kappa shape index (κ3) is 2.29. The number of benzene rings is 1. The van der Waals surface area contributed by atoms with E-state index in [1.54, 1.807) is 0 Å². The van der Waals surface area contributed by atoms with Gasteiger partial charge in [-0.05, 0) is 31.5 Å². The molecule has 0 saturated carbocycles. The quantitative estimate of drug-likeness (QED) is 0.879. The maximum absolute atomic E-state index is 13.2. The number of halogens is 2. The van der Waals surface area contributed by atoms with Gasteiger partial charge in [-0.3, -0.25) is 4.79 Å². The van der Waals surface area contributed by atoms with Crippen LogP contribution in [0.15, 0.2) is 27.5 Å². The van der Waals surface area contributed by atoms with E-state index in [1.165, 1.54) is 6.92 Å². The molecule has 0 unspecified atom stereocenters. The fraction of sp³-hybridized carbons (Fsp3) is 0.167. The Bertz CT molecular complexity index is 637. The van der Waals surface area contributed by atoms with Crippen molar-refractivity contribution in [3.8, 4) is 11.4 Å². The maximum Gasteiger partial charge on any atom is 0.287 e. The fourth-order valence-electron chi connectivity index (χ4n) is 1.51. The van der Waals surface area contributed by atoms with Gasteiger partial charge in [0.05, 0.1) is 5.69 Å². The van der Waals surface area contributed by atoms with Crippen LogP contribution in [-0.2, 0) is 0 Å². The summed E-state index contributed by atoms with van der Waals surface area (Å²) in [5, 5.41) is 0. The molecule has 0 radical (unpaired) electrons. The highest BCUT2D eigenvalue weighted by molar-refractivity contribution is 9.10. The van der Waals surface area contributed by atoms with Crippen LogP contribution >= 0.6 is 15.9 Å². The summed E-state index contributed by atoms with van der Waals surface area (Å²) in [6, 6.07) is 5.64. The Kier molecular flexibility index (Phi) is 3.11. The molecule has 0 fully saturated rings. The van der Waals surface area contributed by atoms with Crippen LogP contribution in [0.25, 0.3) is 11.4 Å². The SMILES string of the molecule is Cc1ccc(-c2nc(C)c(F)c(=O)[nH]2)c(Br)c1. The van der Waals surface area contributed by atoms with Crippen molar-refractivity contribution in [2.45, 2.75) is 13.8 Å². The first-order valence-corrected chi connectivity index (χ1v) is 5.81. The van der Waals surface area contributed by atoms with E-state index >= 15 is 0 Å². The minimum atomic E-state index is -0.836. The van der Waals surface area contributed by atoms with Gasteiger partial charge in [-0.15, -0.1) is 0 Å². The molecule has 17 heavy (non-hydrogen) atoms. The molecule has 2 aromatic rings. The first-order chi connectivity index (χ1) is 7.99. The highest BCUT2D eigenvalue weighted by Gasteiger charge is 2.10. The van der Waals surface area contributed by atoms with Gasteiger partial charge >= 0.3 is 0 Å². The molecular weight excluding hydrogens is 287 g/mol. The molecule has 0 saturated heterocycles. The first kappa shape index (κ1) is 12.0. The number of nitrogens with zero attached hydrogens (tertiary/aromatic N) is 1. The topological polar surface area (TPSA) is 45.8 Å². The Morgan fingerprint density at radius 3 is 2.65 bits per heavy atom. The van der Waals surface area contributed by atoms with E-state index in [1.807, 2.05) is 25.1 Å². The zero-order valence-corrected chi connectivity index (χ0v) is 10.9. The van der Waals surface area contributed by atoms with Crippen molar-refractivity contribution >= 4 is 15.9 Å². The molecule has 0 aliphatic rings. The second-order valence-corrected chi connectivity index (χ2v) is 4.65. The molecule has 5 heteroatoms. The molecule has 0 aliphatic carbocycles. The number of H-pyrrole nitrogens is 1. The Hall–Kier alpha value is -1.49. The molecule has 1 heterocycles. The van der Waals surface area contributed by atoms with Gasteiger partial charge in [0, 0.05) is 10.0 Å². The van der Waals surface area contributed by atoms with Crippen molar-refractivity contribution < 1.29 is 4.39 Å². The predicted octanol–water partition coefficient (Wildman–Crippen LogP) is 2.96. The lowest BCUT2D eigenvalue weighted by Gasteiger charge is -2.06. The van der Waals surface area contributed by atoms with Crippen LogP contribution in [-0.4, -0.2) is 9.97 Å². The second-order valence-electron chi connectivity index (χ2n) is 3.80. The van der Waals surface area contributed by atoms with Crippen LogP contribution in [0.2, 0.25) is 0 Å². The third-order valence-corrected chi connectivity index (χ3v) is 3.06. The van der Waals surface area contributed by atoms with E-state index in [2.05, 4.69) is 25.9 Å². The molecular formula is C12H10BrFN2O. The van der Waals surface area contributed by atoms with Gasteiger partial charge < -0.3 is 4.98 Å². The summed E-state index contributed by atoms with van der Waals surface area (Å²) in [5.41, 5.74) is 1.16. The molecule has 0 bridgehead atoms. The number of hydrogen-bond acceptors (Lipinski definition) is 2. The summed E-state index contributed by atoms with van der Waals surface area (Å²) < 4.78 is 14.0. The van der Waals surface area contributed by atoms with Crippen molar-refractivity contribution in [3.05, 3.63) is 50.1 Å². The maximum atomic E-state index is 13.2. The number of aryl methyl sites for hydroxylation is 2. The smallest absolute Gasteiger partial charge is 0.287 e. The Morgan fingerprint density at radius 2 is 2.06 bits per heavy atom. The molecule has 88 valence electrons. The van der Waals surface area contributed by atoms with Crippen molar-refractivity contribution in [2.24, 2.45) is 0 Å². The molecule has 1 aromatic heterocycles. The monoisotopic (exact) mass is 296 g/mol. The lowest BCUT2D eigenvalue weighted by molar-refractivity contribution is 0.589. The molecule has 0 spiro atoms. The lowest BCUT2D eigenvalue weighted by Crippen LogP contribution is -2.15. The predicted molar refractivity (Wildman–Crippen MR) is 67.4 cm³/mol. The van der Waals surface area contributed by atoms with E-state index in [9.17, 15) is 9.18 Å². The minimum absolute atomic E-state index is 0.0937. The van der Waals surface area contributed by atoms with Crippen LogP contribution in [0, 0.1) is 19.7 Å². The van der Waals surface area contributed by atoms with Crippen LogP contribution in [0.1, 0.15) is 11.3 Å². The van der Waals surface area contributed by atoms with Gasteiger partial charge in [-0.2, -0.15) is 4.39 Å². The Balaban J connectivity index is 2.65. The highest BCUT2D eigenvalue weighted by Crippen LogP contribution is 2.26. The number of aromatic amines is 1. The van der Waals surface area contributed by atoms with Crippen LogP contribution < -0.4 is 5.56 Å².